The molecule has 0 aromatic heterocycles. The van der Waals surface area contributed by atoms with Crippen molar-refractivity contribution in [2.45, 2.75) is 63.3 Å². The molecule has 0 unspecified atom stereocenters. The number of carbonyl (C=O) groups excluding carboxylic acids is 1. The van der Waals surface area contributed by atoms with Crippen molar-refractivity contribution in [1.29, 1.82) is 0 Å². The minimum Gasteiger partial charge on any atom is -0.381 e. The van der Waals surface area contributed by atoms with Crippen LogP contribution in [0.25, 0.3) is 0 Å². The molecule has 3 fully saturated rings. The summed E-state index contributed by atoms with van der Waals surface area (Å²) in [5.41, 5.74) is -5.34. The Kier molecular flexibility index (Phi) is 5.19. The first-order valence-electron chi connectivity index (χ1n) is 8.85. The monoisotopic (exact) mass is 380 g/mol. The van der Waals surface area contributed by atoms with Gasteiger partial charge in [0, 0.05) is 19.3 Å². The highest BCUT2D eigenvalue weighted by molar-refractivity contribution is 7.87. The van der Waals surface area contributed by atoms with Gasteiger partial charge in [-0.2, -0.15) is 21.6 Å². The van der Waals surface area contributed by atoms with E-state index < -0.39 is 15.6 Å². The normalized spacial score (nSPS) is 34.2. The van der Waals surface area contributed by atoms with Crippen molar-refractivity contribution in [1.82, 2.24) is 0 Å². The molecule has 3 saturated carbocycles. The van der Waals surface area contributed by atoms with E-state index in [0.717, 1.165) is 43.9 Å². The van der Waals surface area contributed by atoms with Crippen LogP contribution < -0.4 is 0 Å². The van der Waals surface area contributed by atoms with Gasteiger partial charge in [0.2, 0.25) is 0 Å². The molecule has 4 nitrogen and oxygen atoms in total. The van der Waals surface area contributed by atoms with Crippen molar-refractivity contribution in [2.24, 2.45) is 23.7 Å². The molecule has 0 aromatic rings. The maximum absolute atomic E-state index is 12.1. The van der Waals surface area contributed by atoms with Crippen LogP contribution in [0.5, 0.6) is 0 Å². The number of rotatable bonds is 2. The largest absolute Gasteiger partial charge is 0.534 e. The number of Topliss-reactive ketones (excluding diaryl/α,β-unsaturated/α-hetero) is 1. The van der Waals surface area contributed by atoms with Crippen LogP contribution in [0.1, 0.15) is 57.8 Å². The first-order valence-corrected chi connectivity index (χ1v) is 10.3. The first-order chi connectivity index (χ1) is 11.6. The lowest BCUT2D eigenvalue weighted by atomic mass is 9.88. The Morgan fingerprint density at radius 1 is 0.920 bits per heavy atom. The maximum atomic E-state index is 12.1. The molecule has 142 valence electrons. The molecule has 0 amide bonds. The summed E-state index contributed by atoms with van der Waals surface area (Å²) in [5, 5.41) is 0. The SMILES string of the molecule is O=C1C[C@H]2CC[C@@H](C1)C2.O=S(=O)(OC1=C[C@@H]2CC[C@H](C1)C2)C(F)(F)F. The lowest BCUT2D eigenvalue weighted by Crippen LogP contribution is -2.26. The molecule has 0 spiro atoms. The summed E-state index contributed by atoms with van der Waals surface area (Å²) in [6, 6.07) is 0. The van der Waals surface area contributed by atoms with E-state index in [4.69, 9.17) is 0 Å². The van der Waals surface area contributed by atoms with E-state index in [2.05, 4.69) is 4.18 Å². The molecule has 8 heteroatoms. The minimum atomic E-state index is -5.48. The van der Waals surface area contributed by atoms with Gasteiger partial charge >= 0.3 is 15.6 Å². The zero-order valence-corrected chi connectivity index (χ0v) is 14.7. The van der Waals surface area contributed by atoms with Crippen LogP contribution in [-0.4, -0.2) is 19.7 Å². The lowest BCUT2D eigenvalue weighted by molar-refractivity contribution is -0.121. The average Bonchev–Trinajstić information content (AvgIpc) is 3.00. The smallest absolute Gasteiger partial charge is 0.381 e. The summed E-state index contributed by atoms with van der Waals surface area (Å²) in [5.74, 6) is 2.50. The second-order valence-electron chi connectivity index (χ2n) is 7.75. The summed E-state index contributed by atoms with van der Waals surface area (Å²) in [7, 11) is -5.48. The van der Waals surface area contributed by atoms with Crippen LogP contribution in [0.4, 0.5) is 13.2 Å². The van der Waals surface area contributed by atoms with Gasteiger partial charge in [0.25, 0.3) is 0 Å². The molecule has 0 saturated heterocycles. The number of ketones is 1. The Morgan fingerprint density at radius 3 is 2.04 bits per heavy atom. The van der Waals surface area contributed by atoms with Crippen molar-refractivity contribution >= 4 is 15.9 Å². The third-order valence-corrected chi connectivity index (χ3v) is 6.68. The lowest BCUT2D eigenvalue weighted by Gasteiger charge is -2.19. The average molecular weight is 380 g/mol. The first kappa shape index (κ1) is 18.7. The van der Waals surface area contributed by atoms with Crippen molar-refractivity contribution in [3.8, 4) is 0 Å². The van der Waals surface area contributed by atoms with Crippen LogP contribution >= 0.6 is 0 Å². The molecule has 25 heavy (non-hydrogen) atoms. The number of hydrogen-bond acceptors (Lipinski definition) is 4. The summed E-state index contributed by atoms with van der Waals surface area (Å²) in [6.07, 6.45) is 10.4. The fourth-order valence-electron chi connectivity index (χ4n) is 4.59. The molecular weight excluding hydrogens is 357 g/mol. The zero-order chi connectivity index (χ0) is 18.2. The Hall–Kier alpha value is -1.05. The number of alkyl halides is 3. The van der Waals surface area contributed by atoms with Gasteiger partial charge in [-0.15, -0.1) is 0 Å². The third-order valence-electron chi connectivity index (χ3n) is 5.68. The highest BCUT2D eigenvalue weighted by atomic mass is 32.2. The van der Waals surface area contributed by atoms with E-state index in [0.29, 0.717) is 12.2 Å². The second kappa shape index (κ2) is 6.93. The Bertz CT molecular complexity index is 639. The van der Waals surface area contributed by atoms with Gasteiger partial charge in [-0.3, -0.25) is 4.79 Å². The van der Waals surface area contributed by atoms with Gasteiger partial charge < -0.3 is 4.18 Å². The molecule has 4 bridgehead atoms. The van der Waals surface area contributed by atoms with Gasteiger partial charge in [-0.25, -0.2) is 0 Å². The standard InChI is InChI=1S/C9H11F3O3S.C8H12O/c10-9(11,12)16(13,14)15-8-4-6-1-2-7(3-6)5-8;9-8-4-6-1-2-7(3-6)5-8/h4,6-7H,1-3,5H2;6-7H,1-5H2/t2*6-,7+/m1./s1. The summed E-state index contributed by atoms with van der Waals surface area (Å²) >= 11 is 0. The topological polar surface area (TPSA) is 60.4 Å². The highest BCUT2D eigenvalue weighted by Crippen LogP contribution is 2.42. The van der Waals surface area contributed by atoms with E-state index in [1.807, 2.05) is 0 Å². The van der Waals surface area contributed by atoms with E-state index in [1.54, 1.807) is 0 Å². The Morgan fingerprint density at radius 2 is 1.48 bits per heavy atom. The Labute approximate surface area is 145 Å². The fraction of sp³-hybridized carbons (Fsp3) is 0.824. The molecule has 4 aliphatic carbocycles. The summed E-state index contributed by atoms with van der Waals surface area (Å²) in [4.78, 5) is 10.9. The van der Waals surface area contributed by atoms with E-state index >= 15 is 0 Å². The quantitative estimate of drug-likeness (QED) is 0.529. The van der Waals surface area contributed by atoms with Gasteiger partial charge in [-0.1, -0.05) is 0 Å². The van der Waals surface area contributed by atoms with Gasteiger partial charge in [0.15, 0.2) is 0 Å². The van der Waals surface area contributed by atoms with E-state index in [1.165, 1.54) is 25.3 Å². The van der Waals surface area contributed by atoms with Gasteiger partial charge in [0.1, 0.15) is 11.5 Å². The summed E-state index contributed by atoms with van der Waals surface area (Å²) in [6.45, 7) is 0. The van der Waals surface area contributed by atoms with Crippen molar-refractivity contribution < 1.29 is 30.6 Å². The van der Waals surface area contributed by atoms with Crippen molar-refractivity contribution in [2.75, 3.05) is 0 Å². The second-order valence-corrected chi connectivity index (χ2v) is 9.29. The van der Waals surface area contributed by atoms with E-state index in [9.17, 15) is 26.4 Å². The minimum absolute atomic E-state index is 0.0453. The van der Waals surface area contributed by atoms with Crippen LogP contribution in [-0.2, 0) is 19.1 Å². The maximum Gasteiger partial charge on any atom is 0.534 e. The van der Waals surface area contributed by atoms with Crippen molar-refractivity contribution in [3.05, 3.63) is 11.8 Å². The molecule has 4 atom stereocenters. The molecular formula is C17H23F3O4S. The fourth-order valence-corrected chi connectivity index (χ4v) is 5.09. The van der Waals surface area contributed by atoms with Gasteiger partial charge in [0.05, 0.1) is 0 Å². The van der Waals surface area contributed by atoms with Gasteiger partial charge in [-0.05, 0) is 68.3 Å². The molecule has 0 aromatic carbocycles. The number of carbonyl (C=O) groups is 1. The zero-order valence-electron chi connectivity index (χ0n) is 13.9. The number of halogens is 3. The Balaban J connectivity index is 0.000000170. The number of fused-ring (bicyclic) bond motifs is 4. The molecule has 0 heterocycles. The molecule has 0 aliphatic heterocycles. The summed E-state index contributed by atoms with van der Waals surface area (Å²) < 4.78 is 61.8. The molecule has 0 N–H and O–H groups in total. The van der Waals surface area contributed by atoms with Crippen LogP contribution in [0.2, 0.25) is 0 Å². The van der Waals surface area contributed by atoms with Crippen LogP contribution in [0.3, 0.4) is 0 Å². The van der Waals surface area contributed by atoms with Crippen LogP contribution in [0.15, 0.2) is 11.8 Å². The van der Waals surface area contributed by atoms with E-state index in [-0.39, 0.29) is 17.6 Å². The molecule has 4 rings (SSSR count). The molecule has 0 radical (unpaired) electrons. The van der Waals surface area contributed by atoms with Crippen LogP contribution in [0, 0.1) is 23.7 Å². The molecule has 4 aliphatic rings. The number of allylic oxidation sites excluding steroid dienone is 2. The highest BCUT2D eigenvalue weighted by Gasteiger charge is 2.49. The number of hydrogen-bond donors (Lipinski definition) is 0. The third kappa shape index (κ3) is 4.57. The predicted octanol–water partition coefficient (Wildman–Crippen LogP) is 4.32. The van der Waals surface area contributed by atoms with Crippen molar-refractivity contribution in [3.63, 3.8) is 0 Å². The predicted molar refractivity (Wildman–Crippen MR) is 84.7 cm³/mol.